The molecule has 0 aromatic carbocycles. The highest BCUT2D eigenvalue weighted by Crippen LogP contribution is 2.28. The highest BCUT2D eigenvalue weighted by Gasteiger charge is 2.48. The van der Waals surface area contributed by atoms with Gasteiger partial charge in [-0.15, -0.1) is 0 Å². The maximum absolute atomic E-state index is 12.8. The van der Waals surface area contributed by atoms with Crippen molar-refractivity contribution in [3.63, 3.8) is 0 Å². The Labute approximate surface area is 158 Å². The molecule has 1 aromatic rings. The molecule has 1 aliphatic heterocycles. The maximum Gasteiger partial charge on any atom is 0.334 e. The van der Waals surface area contributed by atoms with Gasteiger partial charge in [0.25, 0.3) is 0 Å². The molecule has 0 spiro atoms. The van der Waals surface area contributed by atoms with E-state index in [9.17, 15) is 19.2 Å². The first kappa shape index (κ1) is 19.3. The second kappa shape index (κ2) is 7.64. The Morgan fingerprint density at radius 2 is 1.81 bits per heavy atom. The van der Waals surface area contributed by atoms with E-state index in [1.807, 2.05) is 18.4 Å². The second-order valence-electron chi connectivity index (χ2n) is 7.14. The third-order valence-corrected chi connectivity index (χ3v) is 5.47. The number of Topliss-reactive ketones (excluding diaryl/α,β-unsaturated/α-hetero) is 1. The van der Waals surface area contributed by atoms with Crippen molar-refractivity contribution in [3.8, 4) is 0 Å². The normalized spacial score (nSPS) is 18.3. The fraction of sp³-hybridized carbons (Fsp3) is 0.579. The minimum absolute atomic E-state index is 0.229. The molecule has 0 unspecified atom stereocenters. The number of imide groups is 2. The van der Waals surface area contributed by atoms with E-state index in [2.05, 4.69) is 0 Å². The van der Waals surface area contributed by atoms with Gasteiger partial charge in [-0.05, 0) is 32.8 Å². The number of hydrogen-bond donors (Lipinski definition) is 0. The van der Waals surface area contributed by atoms with E-state index in [0.29, 0.717) is 31.6 Å². The third-order valence-electron chi connectivity index (χ3n) is 5.47. The summed E-state index contributed by atoms with van der Waals surface area (Å²) < 4.78 is 7.05. The maximum atomic E-state index is 12.8. The van der Waals surface area contributed by atoms with E-state index in [-0.39, 0.29) is 11.8 Å². The van der Waals surface area contributed by atoms with E-state index >= 15 is 0 Å². The van der Waals surface area contributed by atoms with Gasteiger partial charge < -0.3 is 9.30 Å². The number of ether oxygens (including phenoxy) is 1. The molecule has 0 N–H and O–H groups in total. The molecule has 0 atom stereocenters. The minimum atomic E-state index is -0.909. The van der Waals surface area contributed by atoms with Crippen molar-refractivity contribution in [2.45, 2.75) is 52.1 Å². The van der Waals surface area contributed by atoms with Crippen molar-refractivity contribution in [2.24, 2.45) is 0 Å². The van der Waals surface area contributed by atoms with Gasteiger partial charge in [0.05, 0.1) is 13.2 Å². The van der Waals surface area contributed by atoms with Crippen molar-refractivity contribution >= 4 is 23.6 Å². The Hall–Kier alpha value is -2.48. The highest BCUT2D eigenvalue weighted by molar-refractivity contribution is 6.45. The molecule has 1 saturated heterocycles. The molecule has 1 saturated carbocycles. The number of hydrogen-bond acceptors (Lipinski definition) is 5. The molecule has 3 rings (SSSR count). The fourth-order valence-corrected chi connectivity index (χ4v) is 3.99. The zero-order chi connectivity index (χ0) is 19.7. The first-order valence-corrected chi connectivity index (χ1v) is 9.24. The molecule has 27 heavy (non-hydrogen) atoms. The van der Waals surface area contributed by atoms with Crippen molar-refractivity contribution < 1.29 is 23.9 Å². The summed E-state index contributed by atoms with van der Waals surface area (Å²) in [5.41, 5.74) is 2.11. The van der Waals surface area contributed by atoms with Gasteiger partial charge in [0.2, 0.25) is 0 Å². The largest absolute Gasteiger partial charge is 0.383 e. The van der Waals surface area contributed by atoms with Crippen LogP contribution in [-0.4, -0.2) is 64.3 Å². The number of ketones is 1. The molecule has 8 heteroatoms. The monoisotopic (exact) mass is 375 g/mol. The molecule has 4 amide bonds. The summed E-state index contributed by atoms with van der Waals surface area (Å²) >= 11 is 0. The Morgan fingerprint density at radius 1 is 1.15 bits per heavy atom. The van der Waals surface area contributed by atoms with Crippen LogP contribution in [0, 0.1) is 13.8 Å². The summed E-state index contributed by atoms with van der Waals surface area (Å²) in [6, 6.07) is 0.848. The Bertz CT molecular complexity index is 792. The molecule has 2 heterocycles. The lowest BCUT2D eigenvalue weighted by molar-refractivity contribution is -0.143. The van der Waals surface area contributed by atoms with Gasteiger partial charge in [-0.25, -0.2) is 9.69 Å². The van der Waals surface area contributed by atoms with Crippen LogP contribution in [0.15, 0.2) is 6.07 Å². The number of methoxy groups -OCH3 is 1. The number of amides is 4. The summed E-state index contributed by atoms with van der Waals surface area (Å²) in [5, 5.41) is 0. The van der Waals surface area contributed by atoms with Crippen LogP contribution in [0.4, 0.5) is 4.79 Å². The number of nitrogens with zero attached hydrogens (tertiary/aromatic N) is 3. The predicted octanol–water partition coefficient (Wildman–Crippen LogP) is 1.67. The van der Waals surface area contributed by atoms with Crippen LogP contribution in [-0.2, 0) is 20.9 Å². The third kappa shape index (κ3) is 3.41. The first-order chi connectivity index (χ1) is 12.9. The Balaban J connectivity index is 1.77. The molecule has 0 bridgehead atoms. The van der Waals surface area contributed by atoms with Crippen LogP contribution in [0.1, 0.15) is 47.4 Å². The Morgan fingerprint density at radius 3 is 2.44 bits per heavy atom. The van der Waals surface area contributed by atoms with Gasteiger partial charge in [0.1, 0.15) is 0 Å². The number of urea groups is 1. The zero-order valence-electron chi connectivity index (χ0n) is 16.0. The topological polar surface area (TPSA) is 88.9 Å². The van der Waals surface area contributed by atoms with E-state index in [0.717, 1.165) is 34.0 Å². The Kier molecular flexibility index (Phi) is 5.46. The summed E-state index contributed by atoms with van der Waals surface area (Å²) in [6.07, 6.45) is 3.30. The number of carbonyl (C=O) groups excluding carboxylic acids is 4. The highest BCUT2D eigenvalue weighted by atomic mass is 16.5. The molecule has 0 radical (unpaired) electrons. The fourth-order valence-electron chi connectivity index (χ4n) is 3.99. The van der Waals surface area contributed by atoms with Crippen LogP contribution < -0.4 is 0 Å². The molecule has 1 aromatic heterocycles. The number of carbonyl (C=O) groups is 4. The van der Waals surface area contributed by atoms with Gasteiger partial charge >= 0.3 is 17.8 Å². The standard InChI is InChI=1S/C19H25N3O5/c1-12-10-15(13(2)20(12)8-9-27-3)16(23)11-21-17(24)18(25)22(19(21)26)14-6-4-5-7-14/h10,14H,4-9,11H2,1-3H3. The van der Waals surface area contributed by atoms with Gasteiger partial charge in [0, 0.05) is 36.6 Å². The number of aryl methyl sites for hydroxylation is 1. The second-order valence-corrected chi connectivity index (χ2v) is 7.14. The van der Waals surface area contributed by atoms with Crippen molar-refractivity contribution in [3.05, 3.63) is 23.0 Å². The summed E-state index contributed by atoms with van der Waals surface area (Å²) in [4.78, 5) is 51.8. The average molecular weight is 375 g/mol. The molecule has 1 aliphatic carbocycles. The van der Waals surface area contributed by atoms with E-state index in [1.54, 1.807) is 13.2 Å². The lowest BCUT2D eigenvalue weighted by atomic mass is 10.1. The van der Waals surface area contributed by atoms with Gasteiger partial charge in [-0.1, -0.05) is 12.8 Å². The molecule has 8 nitrogen and oxygen atoms in total. The van der Waals surface area contributed by atoms with Gasteiger partial charge in [-0.3, -0.25) is 19.3 Å². The average Bonchev–Trinajstić information content (AvgIpc) is 3.30. The smallest absolute Gasteiger partial charge is 0.334 e. The van der Waals surface area contributed by atoms with Crippen molar-refractivity contribution in [2.75, 3.05) is 20.3 Å². The van der Waals surface area contributed by atoms with Crippen molar-refractivity contribution in [1.29, 1.82) is 0 Å². The van der Waals surface area contributed by atoms with Crippen molar-refractivity contribution in [1.82, 2.24) is 14.4 Å². The lowest BCUT2D eigenvalue weighted by Gasteiger charge is -2.20. The summed E-state index contributed by atoms with van der Waals surface area (Å²) in [7, 11) is 1.61. The van der Waals surface area contributed by atoms with E-state index in [4.69, 9.17) is 4.74 Å². The zero-order valence-corrected chi connectivity index (χ0v) is 16.0. The van der Waals surface area contributed by atoms with Crippen LogP contribution >= 0.6 is 0 Å². The summed E-state index contributed by atoms with van der Waals surface area (Å²) in [5.74, 6) is -2.08. The van der Waals surface area contributed by atoms with Crippen LogP contribution in [0.25, 0.3) is 0 Å². The lowest BCUT2D eigenvalue weighted by Crippen LogP contribution is -2.41. The predicted molar refractivity (Wildman–Crippen MR) is 96.3 cm³/mol. The quantitative estimate of drug-likeness (QED) is 0.411. The number of aromatic nitrogens is 1. The van der Waals surface area contributed by atoms with Crippen LogP contribution in [0.3, 0.4) is 0 Å². The molecular weight excluding hydrogens is 350 g/mol. The molecule has 146 valence electrons. The van der Waals surface area contributed by atoms with Crippen LogP contribution in [0.5, 0.6) is 0 Å². The molecular formula is C19H25N3O5. The first-order valence-electron chi connectivity index (χ1n) is 9.24. The number of rotatable bonds is 7. The SMILES string of the molecule is COCCn1c(C)cc(C(=O)CN2C(=O)C(=O)N(C3CCCC3)C2=O)c1C. The van der Waals surface area contributed by atoms with Gasteiger partial charge in [-0.2, -0.15) is 0 Å². The van der Waals surface area contributed by atoms with Crippen LogP contribution in [0.2, 0.25) is 0 Å². The minimum Gasteiger partial charge on any atom is -0.383 e. The van der Waals surface area contributed by atoms with Gasteiger partial charge in [0.15, 0.2) is 5.78 Å². The molecule has 2 fully saturated rings. The van der Waals surface area contributed by atoms with E-state index < -0.39 is 24.4 Å². The summed E-state index contributed by atoms with van der Waals surface area (Å²) in [6.45, 7) is 4.41. The van der Waals surface area contributed by atoms with E-state index in [1.165, 1.54) is 0 Å². The molecule has 2 aliphatic rings.